The van der Waals surface area contributed by atoms with E-state index in [9.17, 15) is 35.0 Å². The minimum absolute atomic E-state index is 0.0969. The molecular formula is C17H11F2I2O8S2-. The number of rotatable bonds is 8. The van der Waals surface area contributed by atoms with Gasteiger partial charge in [0, 0.05) is 3.57 Å². The number of hydrogen-bond donors (Lipinski definition) is 0. The Hall–Kier alpha value is -1.37. The lowest BCUT2D eigenvalue weighted by Crippen LogP contribution is -2.34. The van der Waals surface area contributed by atoms with Crippen LogP contribution in [-0.4, -0.2) is 39.2 Å². The fourth-order valence-electron chi connectivity index (χ4n) is 2.07. The number of carbonyl (C=O) groups excluding carboxylic acids is 1. The Labute approximate surface area is 203 Å². The number of halogens is 4. The van der Waals surface area contributed by atoms with Crippen molar-refractivity contribution >= 4 is 77.5 Å². The molecular weight excluding hydrogens is 688 g/mol. The van der Waals surface area contributed by atoms with Gasteiger partial charge in [-0.1, -0.05) is 24.8 Å². The largest absolute Gasteiger partial charge is 0.743 e. The normalized spacial score (nSPS) is 12.3. The first-order chi connectivity index (χ1) is 14.2. The van der Waals surface area contributed by atoms with Crippen LogP contribution in [0.15, 0.2) is 47.9 Å². The maximum Gasteiger partial charge on any atom is 0.367 e. The van der Waals surface area contributed by atoms with Gasteiger partial charge in [-0.15, -0.1) is 0 Å². The summed E-state index contributed by atoms with van der Waals surface area (Å²) in [5.41, 5.74) is -0.297. The van der Waals surface area contributed by atoms with Crippen LogP contribution in [0.2, 0.25) is 0 Å². The van der Waals surface area contributed by atoms with Crippen molar-refractivity contribution in [1.82, 2.24) is 0 Å². The van der Waals surface area contributed by atoms with E-state index in [-0.39, 0.29) is 8.47 Å². The molecule has 0 amide bonds. The van der Waals surface area contributed by atoms with Crippen molar-refractivity contribution in [1.29, 1.82) is 0 Å². The van der Waals surface area contributed by atoms with Crippen LogP contribution in [0, 0.1) is 7.14 Å². The molecule has 0 fully saturated rings. The van der Waals surface area contributed by atoms with Gasteiger partial charge in [-0.3, -0.25) is 0 Å². The first-order valence-corrected chi connectivity index (χ1v) is 12.8. The summed E-state index contributed by atoms with van der Waals surface area (Å²) in [5.74, 6) is -2.05. The molecule has 0 atom stereocenters. The third-order valence-electron chi connectivity index (χ3n) is 3.56. The van der Waals surface area contributed by atoms with Crippen molar-refractivity contribution in [2.75, 3.05) is 6.61 Å². The van der Waals surface area contributed by atoms with Crippen LogP contribution in [0.5, 0.6) is 5.75 Å². The predicted molar refractivity (Wildman–Crippen MR) is 121 cm³/mol. The molecule has 0 spiro atoms. The summed E-state index contributed by atoms with van der Waals surface area (Å²) in [6.45, 7) is 1.44. The molecule has 0 heterocycles. The molecule has 0 aliphatic heterocycles. The average Bonchev–Trinajstić information content (AvgIpc) is 2.66. The molecule has 0 aromatic heterocycles. The van der Waals surface area contributed by atoms with Gasteiger partial charge >= 0.3 is 21.3 Å². The molecule has 0 aliphatic carbocycles. The third-order valence-corrected chi connectivity index (χ3v) is 7.80. The zero-order chi connectivity index (χ0) is 23.6. The summed E-state index contributed by atoms with van der Waals surface area (Å²) in [7, 11) is -10.5. The lowest BCUT2D eigenvalue weighted by atomic mass is 10.1. The van der Waals surface area contributed by atoms with Gasteiger partial charge in [0.2, 0.25) is 0 Å². The molecule has 2 aromatic rings. The van der Waals surface area contributed by atoms with Crippen molar-refractivity contribution in [2.45, 2.75) is 10.2 Å². The zero-order valence-electron chi connectivity index (χ0n) is 15.1. The van der Waals surface area contributed by atoms with Crippen molar-refractivity contribution in [3.8, 4) is 5.75 Å². The molecule has 0 radical (unpaired) electrons. The minimum atomic E-state index is -6.09. The Kier molecular flexibility index (Phi) is 8.05. The van der Waals surface area contributed by atoms with Crippen LogP contribution >= 0.6 is 45.2 Å². The highest BCUT2D eigenvalue weighted by atomic mass is 127. The molecule has 0 aliphatic rings. The fraction of sp³-hybridized carbons (Fsp3) is 0.118. The van der Waals surface area contributed by atoms with Crippen LogP contribution < -0.4 is 4.18 Å². The number of hydrogen-bond acceptors (Lipinski definition) is 8. The van der Waals surface area contributed by atoms with E-state index in [0.29, 0.717) is 9.13 Å². The first kappa shape index (κ1) is 25.9. The Bertz CT molecular complexity index is 1240. The van der Waals surface area contributed by atoms with E-state index >= 15 is 0 Å². The number of carbonyl (C=O) groups is 1. The zero-order valence-corrected chi connectivity index (χ0v) is 21.0. The molecule has 0 saturated heterocycles. The van der Waals surface area contributed by atoms with E-state index in [0.717, 1.165) is 6.07 Å². The van der Waals surface area contributed by atoms with E-state index in [1.807, 2.05) is 0 Å². The number of benzene rings is 2. The number of alkyl halides is 2. The Morgan fingerprint density at radius 1 is 1.13 bits per heavy atom. The molecule has 14 heteroatoms. The SMILES string of the molecule is C=Cc1cc(I)c(OS(=O)(=O)c2ccccc2I)c(C(=O)OCC(F)(F)S(=O)(=O)[O-])c1. The quantitative estimate of drug-likeness (QED) is 0.177. The van der Waals surface area contributed by atoms with Crippen LogP contribution in [-0.2, 0) is 25.0 Å². The second-order valence-corrected chi connectivity index (χ2v) is 11.1. The van der Waals surface area contributed by atoms with E-state index in [2.05, 4.69) is 11.3 Å². The summed E-state index contributed by atoms with van der Waals surface area (Å²) in [6, 6.07) is 8.27. The summed E-state index contributed by atoms with van der Waals surface area (Å²) in [5, 5.41) is -4.88. The molecule has 0 N–H and O–H groups in total. The highest BCUT2D eigenvalue weighted by molar-refractivity contribution is 14.1. The Morgan fingerprint density at radius 2 is 1.74 bits per heavy atom. The van der Waals surface area contributed by atoms with Gasteiger partial charge in [-0.2, -0.15) is 17.2 Å². The fourth-order valence-corrected chi connectivity index (χ4v) is 5.42. The standard InChI is InChI=1S/C17H12F2I2O8S2/c1-2-10-7-11(16(22)28-9-17(18,19)31(25,26)27)15(13(21)8-10)29-30(23,24)14-6-4-3-5-12(14)20/h2-8H,1,9H2,(H,25,26,27)/p-1. The smallest absolute Gasteiger partial charge is 0.367 e. The number of ether oxygens (including phenoxy) is 1. The van der Waals surface area contributed by atoms with Crippen molar-refractivity contribution in [2.24, 2.45) is 0 Å². The second-order valence-electron chi connectivity index (χ2n) is 5.72. The molecule has 8 nitrogen and oxygen atoms in total. The van der Waals surface area contributed by atoms with Crippen LogP contribution in [0.25, 0.3) is 6.08 Å². The third kappa shape index (κ3) is 6.11. The molecule has 2 aromatic carbocycles. The van der Waals surface area contributed by atoms with Crippen LogP contribution in [0.3, 0.4) is 0 Å². The highest BCUT2D eigenvalue weighted by Crippen LogP contribution is 2.33. The van der Waals surface area contributed by atoms with Gasteiger partial charge in [0.15, 0.2) is 22.5 Å². The summed E-state index contributed by atoms with van der Waals surface area (Å²) in [6.07, 6.45) is 1.29. The summed E-state index contributed by atoms with van der Waals surface area (Å²) < 4.78 is 93.7. The minimum Gasteiger partial charge on any atom is -0.743 e. The molecule has 0 saturated carbocycles. The maximum absolute atomic E-state index is 13.3. The molecule has 0 unspecified atom stereocenters. The number of esters is 1. The highest BCUT2D eigenvalue weighted by Gasteiger charge is 2.40. The van der Waals surface area contributed by atoms with Gasteiger partial charge in [0.1, 0.15) is 10.5 Å². The first-order valence-electron chi connectivity index (χ1n) is 7.85. The van der Waals surface area contributed by atoms with E-state index in [1.54, 1.807) is 51.2 Å². The van der Waals surface area contributed by atoms with Crippen molar-refractivity contribution < 1.29 is 43.9 Å². The maximum atomic E-state index is 13.3. The van der Waals surface area contributed by atoms with Gasteiger partial charge in [-0.05, 0) is 75.0 Å². The van der Waals surface area contributed by atoms with Crippen molar-refractivity contribution in [3.63, 3.8) is 0 Å². The summed E-state index contributed by atoms with van der Waals surface area (Å²) >= 11 is 3.42. The lowest BCUT2D eigenvalue weighted by Gasteiger charge is -2.20. The summed E-state index contributed by atoms with van der Waals surface area (Å²) in [4.78, 5) is 12.2. The van der Waals surface area contributed by atoms with Gasteiger partial charge in [0.25, 0.3) is 0 Å². The predicted octanol–water partition coefficient (Wildman–Crippen LogP) is 3.60. The Balaban J connectivity index is 2.49. The van der Waals surface area contributed by atoms with Gasteiger partial charge < -0.3 is 13.5 Å². The molecule has 0 bridgehead atoms. The molecule has 168 valence electrons. The molecule has 31 heavy (non-hydrogen) atoms. The van der Waals surface area contributed by atoms with E-state index in [1.165, 1.54) is 30.3 Å². The van der Waals surface area contributed by atoms with Crippen LogP contribution in [0.1, 0.15) is 15.9 Å². The van der Waals surface area contributed by atoms with Gasteiger partial charge in [-0.25, -0.2) is 13.2 Å². The van der Waals surface area contributed by atoms with Crippen LogP contribution in [0.4, 0.5) is 8.78 Å². The topological polar surface area (TPSA) is 127 Å². The lowest BCUT2D eigenvalue weighted by molar-refractivity contribution is -0.0101. The van der Waals surface area contributed by atoms with E-state index < -0.39 is 49.4 Å². The van der Waals surface area contributed by atoms with Crippen molar-refractivity contribution in [3.05, 3.63) is 61.2 Å². The monoisotopic (exact) mass is 699 g/mol. The van der Waals surface area contributed by atoms with Gasteiger partial charge in [0.05, 0.1) is 3.57 Å². The Morgan fingerprint density at radius 3 is 2.29 bits per heavy atom. The second kappa shape index (κ2) is 9.63. The van der Waals surface area contributed by atoms with E-state index in [4.69, 9.17) is 4.18 Å². The average molecular weight is 699 g/mol. The molecule has 2 rings (SSSR count).